The van der Waals surface area contributed by atoms with Crippen molar-refractivity contribution in [2.24, 2.45) is 0 Å². The van der Waals surface area contributed by atoms with Crippen molar-refractivity contribution in [1.82, 2.24) is 0 Å². The Morgan fingerprint density at radius 3 is 2.29 bits per heavy atom. The lowest BCUT2D eigenvalue weighted by atomic mass is 9.97. The van der Waals surface area contributed by atoms with Gasteiger partial charge in [0.2, 0.25) is 0 Å². The van der Waals surface area contributed by atoms with Crippen LogP contribution in [0.5, 0.6) is 0 Å². The summed E-state index contributed by atoms with van der Waals surface area (Å²) in [5.74, 6) is 0. The zero-order valence-electron chi connectivity index (χ0n) is 12.8. The lowest BCUT2D eigenvalue weighted by Gasteiger charge is -2.48. The average Bonchev–Trinajstić information content (AvgIpc) is 2.34. The molecule has 0 amide bonds. The van der Waals surface area contributed by atoms with Gasteiger partial charge < -0.3 is 9.64 Å². The molecule has 0 radical (unpaired) electrons. The summed E-state index contributed by atoms with van der Waals surface area (Å²) in [6.07, 6.45) is 0.664. The van der Waals surface area contributed by atoms with Crippen molar-refractivity contribution in [3.8, 4) is 0 Å². The van der Waals surface area contributed by atoms with Crippen molar-refractivity contribution in [1.29, 1.82) is 0 Å². The van der Waals surface area contributed by atoms with Gasteiger partial charge in [0.25, 0.3) is 5.69 Å². The third-order valence-electron chi connectivity index (χ3n) is 3.39. The van der Waals surface area contributed by atoms with Crippen LogP contribution in [0.4, 0.5) is 11.4 Å². The first kappa shape index (κ1) is 15.4. The number of rotatable bonds is 3. The molecular weight excluding hydrogens is 272 g/mol. The van der Waals surface area contributed by atoms with E-state index in [0.29, 0.717) is 30.6 Å². The van der Waals surface area contributed by atoms with Gasteiger partial charge in [0.1, 0.15) is 0 Å². The van der Waals surface area contributed by atoms with E-state index in [2.05, 4.69) is 4.90 Å². The van der Waals surface area contributed by atoms with E-state index >= 15 is 0 Å². The minimum Gasteiger partial charge on any atom is -0.366 e. The van der Waals surface area contributed by atoms with E-state index in [-0.39, 0.29) is 16.9 Å². The third-order valence-corrected chi connectivity index (χ3v) is 3.39. The number of nitro groups is 1. The number of morpholine rings is 1. The van der Waals surface area contributed by atoms with Crippen LogP contribution in [-0.2, 0) is 4.74 Å². The Morgan fingerprint density at radius 2 is 1.81 bits per heavy atom. The summed E-state index contributed by atoms with van der Waals surface area (Å²) in [5, 5.41) is 10.8. The van der Waals surface area contributed by atoms with Crippen molar-refractivity contribution in [2.75, 3.05) is 18.0 Å². The van der Waals surface area contributed by atoms with Crippen LogP contribution in [0.2, 0.25) is 0 Å². The smallest absolute Gasteiger partial charge is 0.270 e. The van der Waals surface area contributed by atoms with Crippen molar-refractivity contribution in [3.63, 3.8) is 0 Å². The van der Waals surface area contributed by atoms with Crippen LogP contribution in [0, 0.1) is 10.1 Å². The number of hydrogen-bond donors (Lipinski definition) is 0. The number of non-ortho nitro benzene ring substituents is 1. The predicted octanol–water partition coefficient (Wildman–Crippen LogP) is 2.80. The molecule has 1 aromatic rings. The van der Waals surface area contributed by atoms with E-state index in [1.807, 2.05) is 27.7 Å². The van der Waals surface area contributed by atoms with Gasteiger partial charge in [-0.1, -0.05) is 0 Å². The molecule has 0 bridgehead atoms. The molecule has 1 aliphatic rings. The van der Waals surface area contributed by atoms with Crippen molar-refractivity contribution in [3.05, 3.63) is 33.9 Å². The first-order valence-electron chi connectivity index (χ1n) is 6.82. The summed E-state index contributed by atoms with van der Waals surface area (Å²) in [7, 11) is 0. The summed E-state index contributed by atoms with van der Waals surface area (Å²) >= 11 is 0. The van der Waals surface area contributed by atoms with Crippen LogP contribution >= 0.6 is 0 Å². The quantitative estimate of drug-likeness (QED) is 0.486. The van der Waals surface area contributed by atoms with E-state index in [9.17, 15) is 14.9 Å². The first-order valence-corrected chi connectivity index (χ1v) is 6.82. The molecule has 0 aromatic heterocycles. The number of carbonyl (C=O) groups is 1. The second-order valence-corrected chi connectivity index (χ2v) is 6.60. The molecule has 0 saturated carbocycles. The van der Waals surface area contributed by atoms with Gasteiger partial charge in [-0.05, 0) is 33.8 Å². The molecule has 0 spiro atoms. The molecule has 0 N–H and O–H groups in total. The van der Waals surface area contributed by atoms with Crippen LogP contribution in [-0.4, -0.2) is 35.5 Å². The fraction of sp³-hybridized carbons (Fsp3) is 0.533. The molecule has 21 heavy (non-hydrogen) atoms. The van der Waals surface area contributed by atoms with Gasteiger partial charge in [0.05, 0.1) is 16.1 Å². The summed E-state index contributed by atoms with van der Waals surface area (Å²) in [4.78, 5) is 23.7. The molecule has 1 aliphatic heterocycles. The SMILES string of the molecule is CC1(C)CN(c2ccc([N+](=O)[O-])cc2C=O)CC(C)(C)O1. The minimum absolute atomic E-state index is 0.0763. The zero-order chi connectivity index (χ0) is 15.8. The van der Waals surface area contributed by atoms with Gasteiger partial charge in [-0.15, -0.1) is 0 Å². The number of nitro benzene ring substituents is 1. The summed E-state index contributed by atoms with van der Waals surface area (Å²) < 4.78 is 6.01. The summed E-state index contributed by atoms with van der Waals surface area (Å²) in [6.45, 7) is 9.21. The van der Waals surface area contributed by atoms with Crippen LogP contribution in [0.15, 0.2) is 18.2 Å². The third kappa shape index (κ3) is 3.39. The Balaban J connectivity index is 2.41. The summed E-state index contributed by atoms with van der Waals surface area (Å²) in [5.41, 5.74) is 0.248. The molecule has 6 heteroatoms. The van der Waals surface area contributed by atoms with Crippen LogP contribution in [0.1, 0.15) is 38.1 Å². The number of nitrogens with zero attached hydrogens (tertiary/aromatic N) is 2. The fourth-order valence-electron chi connectivity index (χ4n) is 3.00. The Hall–Kier alpha value is -1.95. The highest BCUT2D eigenvalue weighted by molar-refractivity contribution is 5.86. The van der Waals surface area contributed by atoms with Gasteiger partial charge in [-0.3, -0.25) is 14.9 Å². The number of hydrogen-bond acceptors (Lipinski definition) is 5. The molecule has 0 aliphatic carbocycles. The van der Waals surface area contributed by atoms with E-state index < -0.39 is 4.92 Å². The normalized spacial score (nSPS) is 20.1. The van der Waals surface area contributed by atoms with Gasteiger partial charge in [-0.25, -0.2) is 0 Å². The monoisotopic (exact) mass is 292 g/mol. The Kier molecular flexibility index (Phi) is 3.76. The topological polar surface area (TPSA) is 72.7 Å². The van der Waals surface area contributed by atoms with E-state index in [1.54, 1.807) is 6.07 Å². The maximum atomic E-state index is 11.3. The molecule has 6 nitrogen and oxygen atoms in total. The molecular formula is C15H20N2O4. The largest absolute Gasteiger partial charge is 0.366 e. The van der Waals surface area contributed by atoms with Gasteiger partial charge in [-0.2, -0.15) is 0 Å². The second-order valence-electron chi connectivity index (χ2n) is 6.60. The van der Waals surface area contributed by atoms with Gasteiger partial charge in [0.15, 0.2) is 6.29 Å². The lowest BCUT2D eigenvalue weighted by molar-refractivity contribution is -0.384. The Bertz CT molecular complexity index is 565. The summed E-state index contributed by atoms with van der Waals surface area (Å²) in [6, 6.07) is 4.38. The number of ether oxygens (including phenoxy) is 1. The van der Waals surface area contributed by atoms with Crippen LogP contribution < -0.4 is 4.90 Å². The minimum atomic E-state index is -0.496. The van der Waals surface area contributed by atoms with Crippen molar-refractivity contribution >= 4 is 17.7 Å². The molecule has 1 heterocycles. The van der Waals surface area contributed by atoms with Crippen LogP contribution in [0.3, 0.4) is 0 Å². The average molecular weight is 292 g/mol. The molecule has 2 rings (SSSR count). The molecule has 0 unspecified atom stereocenters. The molecule has 1 saturated heterocycles. The van der Waals surface area contributed by atoms with Crippen molar-refractivity contribution < 1.29 is 14.5 Å². The number of carbonyl (C=O) groups excluding carboxylic acids is 1. The Labute approximate surface area is 123 Å². The number of benzene rings is 1. The fourth-order valence-corrected chi connectivity index (χ4v) is 3.00. The first-order chi connectivity index (χ1) is 9.63. The molecule has 114 valence electrons. The highest BCUT2D eigenvalue weighted by Crippen LogP contribution is 2.33. The van der Waals surface area contributed by atoms with E-state index in [0.717, 1.165) is 0 Å². The lowest BCUT2D eigenvalue weighted by Crippen LogP contribution is -2.57. The Morgan fingerprint density at radius 1 is 1.24 bits per heavy atom. The predicted molar refractivity (Wildman–Crippen MR) is 79.9 cm³/mol. The number of aldehydes is 1. The zero-order valence-corrected chi connectivity index (χ0v) is 12.8. The highest BCUT2D eigenvalue weighted by Gasteiger charge is 2.38. The molecule has 0 atom stereocenters. The van der Waals surface area contributed by atoms with E-state index in [1.165, 1.54) is 12.1 Å². The van der Waals surface area contributed by atoms with Crippen molar-refractivity contribution in [2.45, 2.75) is 38.9 Å². The second kappa shape index (κ2) is 5.11. The highest BCUT2D eigenvalue weighted by atomic mass is 16.6. The molecule has 1 fully saturated rings. The standard InChI is InChI=1S/C15H20N2O4/c1-14(2)9-16(10-15(3,4)21-14)13-6-5-12(17(19)20)7-11(13)8-18/h5-8H,9-10H2,1-4H3. The molecule has 1 aromatic carbocycles. The maximum Gasteiger partial charge on any atom is 0.270 e. The maximum absolute atomic E-state index is 11.3. The van der Waals surface area contributed by atoms with Gasteiger partial charge in [0, 0.05) is 36.5 Å². The van der Waals surface area contributed by atoms with Gasteiger partial charge >= 0.3 is 0 Å². The number of anilines is 1. The van der Waals surface area contributed by atoms with Crippen LogP contribution in [0.25, 0.3) is 0 Å². The van der Waals surface area contributed by atoms with E-state index in [4.69, 9.17) is 4.74 Å².